The van der Waals surface area contributed by atoms with E-state index in [0.29, 0.717) is 12.8 Å². The van der Waals surface area contributed by atoms with Crippen LogP contribution in [0.25, 0.3) is 0 Å². The first-order valence-electron chi connectivity index (χ1n) is 8.26. The Kier molecular flexibility index (Phi) is 6.55. The maximum absolute atomic E-state index is 9.88. The Morgan fingerprint density at radius 1 is 0.917 bits per heavy atom. The minimum atomic E-state index is -0.595. The van der Waals surface area contributed by atoms with Crippen molar-refractivity contribution < 1.29 is 0 Å². The van der Waals surface area contributed by atoms with E-state index in [9.17, 15) is 5.26 Å². The maximum Gasteiger partial charge on any atom is 0.0844 e. The summed E-state index contributed by atoms with van der Waals surface area (Å²) in [5.41, 5.74) is 1.68. The van der Waals surface area contributed by atoms with Crippen molar-refractivity contribution in [3.8, 4) is 12.1 Å². The summed E-state index contributed by atoms with van der Waals surface area (Å²) in [4.78, 5) is 2.23. The monoisotopic (exact) mass is 317 g/mol. The summed E-state index contributed by atoms with van der Waals surface area (Å²) in [6, 6.07) is 24.9. The van der Waals surface area contributed by atoms with E-state index in [1.807, 2.05) is 48.5 Å². The van der Waals surface area contributed by atoms with Gasteiger partial charge in [-0.25, -0.2) is 0 Å². The minimum Gasteiger partial charge on any atom is -0.302 e. The molecule has 0 fully saturated rings. The highest BCUT2D eigenvalue weighted by molar-refractivity contribution is 5.32. The van der Waals surface area contributed by atoms with Gasteiger partial charge in [-0.05, 0) is 31.0 Å². The van der Waals surface area contributed by atoms with E-state index in [1.54, 1.807) is 0 Å². The van der Waals surface area contributed by atoms with Gasteiger partial charge in [-0.3, -0.25) is 0 Å². The lowest BCUT2D eigenvalue weighted by Crippen LogP contribution is -2.30. The molecule has 0 amide bonds. The molecule has 0 bridgehead atoms. The topological polar surface area (TPSA) is 50.8 Å². The molecule has 122 valence electrons. The predicted octanol–water partition coefficient (Wildman–Crippen LogP) is 4.27. The first-order valence-corrected chi connectivity index (χ1v) is 8.26. The third kappa shape index (κ3) is 4.69. The summed E-state index contributed by atoms with van der Waals surface area (Å²) in [6.07, 6.45) is 1.69. The average Bonchev–Trinajstić information content (AvgIpc) is 2.64. The second kappa shape index (κ2) is 8.87. The third-order valence-corrected chi connectivity index (χ3v) is 4.42. The van der Waals surface area contributed by atoms with Gasteiger partial charge in [-0.15, -0.1) is 0 Å². The van der Waals surface area contributed by atoms with Gasteiger partial charge in [0.1, 0.15) is 0 Å². The predicted molar refractivity (Wildman–Crippen MR) is 96.0 cm³/mol. The lowest BCUT2D eigenvalue weighted by atomic mass is 9.75. The van der Waals surface area contributed by atoms with Crippen LogP contribution in [0.2, 0.25) is 0 Å². The van der Waals surface area contributed by atoms with Crippen molar-refractivity contribution in [2.45, 2.75) is 31.2 Å². The Balaban J connectivity index is 2.08. The molecule has 0 aliphatic carbocycles. The summed E-state index contributed by atoms with van der Waals surface area (Å²) in [5.74, 6) is 0. The van der Waals surface area contributed by atoms with Crippen molar-refractivity contribution in [3.05, 3.63) is 71.8 Å². The zero-order chi connectivity index (χ0) is 17.3. The molecule has 0 heterocycles. The molecule has 2 aromatic carbocycles. The van der Waals surface area contributed by atoms with Crippen molar-refractivity contribution in [1.29, 1.82) is 10.5 Å². The molecule has 3 heteroatoms. The molecular weight excluding hydrogens is 294 g/mol. The molecule has 3 nitrogen and oxygen atoms in total. The molecule has 0 saturated heterocycles. The van der Waals surface area contributed by atoms with Crippen LogP contribution in [0.4, 0.5) is 0 Å². The number of hydrogen-bond donors (Lipinski definition) is 0. The lowest BCUT2D eigenvalue weighted by molar-refractivity contribution is 0.289. The number of rotatable bonds is 8. The average molecular weight is 317 g/mol. The molecule has 0 aromatic heterocycles. The van der Waals surface area contributed by atoms with E-state index in [2.05, 4.69) is 36.2 Å². The molecule has 0 N–H and O–H groups in total. The van der Waals surface area contributed by atoms with E-state index in [1.165, 1.54) is 5.56 Å². The largest absolute Gasteiger partial charge is 0.302 e. The molecule has 0 aliphatic heterocycles. The molecule has 24 heavy (non-hydrogen) atoms. The van der Waals surface area contributed by atoms with Crippen LogP contribution in [0.1, 0.15) is 30.4 Å². The first kappa shape index (κ1) is 17.7. The van der Waals surface area contributed by atoms with Crippen LogP contribution >= 0.6 is 0 Å². The van der Waals surface area contributed by atoms with Gasteiger partial charge in [0.25, 0.3) is 0 Å². The van der Waals surface area contributed by atoms with Gasteiger partial charge < -0.3 is 4.90 Å². The fraction of sp³-hybridized carbons (Fsp3) is 0.333. The Hall–Kier alpha value is -2.62. The van der Waals surface area contributed by atoms with Crippen LogP contribution in [0.15, 0.2) is 60.7 Å². The van der Waals surface area contributed by atoms with Crippen LogP contribution in [0, 0.1) is 22.7 Å². The fourth-order valence-corrected chi connectivity index (χ4v) is 2.97. The van der Waals surface area contributed by atoms with Crippen LogP contribution in [0.5, 0.6) is 0 Å². The van der Waals surface area contributed by atoms with Gasteiger partial charge >= 0.3 is 0 Å². The highest BCUT2D eigenvalue weighted by atomic mass is 15.1. The van der Waals surface area contributed by atoms with Gasteiger partial charge in [0.05, 0.1) is 17.6 Å². The summed E-state index contributed by atoms with van der Waals surface area (Å²) >= 11 is 0. The van der Waals surface area contributed by atoms with E-state index >= 15 is 0 Å². The molecule has 0 radical (unpaired) electrons. The van der Waals surface area contributed by atoms with Crippen molar-refractivity contribution in [2.75, 3.05) is 13.6 Å². The summed E-state index contributed by atoms with van der Waals surface area (Å²) in [6.45, 7) is 1.66. The second-order valence-corrected chi connectivity index (χ2v) is 6.19. The van der Waals surface area contributed by atoms with Crippen LogP contribution in [0.3, 0.4) is 0 Å². The number of benzene rings is 2. The summed E-state index contributed by atoms with van der Waals surface area (Å²) in [7, 11) is 2.07. The van der Waals surface area contributed by atoms with Crippen molar-refractivity contribution in [3.63, 3.8) is 0 Å². The lowest BCUT2D eigenvalue weighted by Gasteiger charge is -2.29. The van der Waals surface area contributed by atoms with Gasteiger partial charge in [0.2, 0.25) is 0 Å². The van der Waals surface area contributed by atoms with Gasteiger partial charge in [-0.1, -0.05) is 60.7 Å². The van der Waals surface area contributed by atoms with Crippen molar-refractivity contribution in [1.82, 2.24) is 4.90 Å². The number of nitriles is 2. The molecule has 0 aliphatic rings. The normalized spacial score (nSPS) is 13.0. The molecule has 0 unspecified atom stereocenters. The van der Waals surface area contributed by atoms with Crippen LogP contribution in [-0.4, -0.2) is 18.5 Å². The van der Waals surface area contributed by atoms with E-state index in [-0.39, 0.29) is 0 Å². The summed E-state index contributed by atoms with van der Waals surface area (Å²) < 4.78 is 0. The van der Waals surface area contributed by atoms with Crippen LogP contribution in [-0.2, 0) is 12.0 Å². The molecule has 1 atom stereocenters. The number of hydrogen-bond acceptors (Lipinski definition) is 3. The Labute approximate surface area is 144 Å². The van der Waals surface area contributed by atoms with E-state index in [0.717, 1.165) is 25.1 Å². The third-order valence-electron chi connectivity index (χ3n) is 4.42. The quantitative estimate of drug-likeness (QED) is 0.730. The van der Waals surface area contributed by atoms with Gasteiger partial charge in [-0.2, -0.15) is 10.5 Å². The highest BCUT2D eigenvalue weighted by Crippen LogP contribution is 2.32. The first-order chi connectivity index (χ1) is 11.7. The summed E-state index contributed by atoms with van der Waals surface area (Å²) in [5, 5.41) is 18.9. The fourth-order valence-electron chi connectivity index (χ4n) is 2.97. The van der Waals surface area contributed by atoms with Crippen LogP contribution < -0.4 is 0 Å². The SMILES string of the molecule is CN(CC[C@](C#N)(CCC#N)c1ccccc1)Cc1ccccc1. The smallest absolute Gasteiger partial charge is 0.0844 e. The Morgan fingerprint density at radius 2 is 1.54 bits per heavy atom. The highest BCUT2D eigenvalue weighted by Gasteiger charge is 2.31. The molecule has 0 spiro atoms. The van der Waals surface area contributed by atoms with Gasteiger partial charge in [0.15, 0.2) is 0 Å². The molecule has 2 aromatic rings. The Morgan fingerprint density at radius 3 is 2.12 bits per heavy atom. The molecule has 2 rings (SSSR count). The standard InChI is InChI=1S/C21H23N3/c1-24(17-19-9-4-2-5-10-19)16-14-21(18-23,13-8-15-22)20-11-6-3-7-12-20/h2-7,9-12H,8,13-14,16-17H2,1H3/t21-/m0/s1. The maximum atomic E-state index is 9.88. The van der Waals surface area contributed by atoms with E-state index in [4.69, 9.17) is 5.26 Å². The zero-order valence-corrected chi connectivity index (χ0v) is 14.2. The molecule has 0 saturated carbocycles. The van der Waals surface area contributed by atoms with E-state index < -0.39 is 5.41 Å². The molecular formula is C21H23N3. The number of nitrogens with zero attached hydrogens (tertiary/aromatic N) is 3. The second-order valence-electron chi connectivity index (χ2n) is 6.19. The Bertz CT molecular complexity index is 697. The van der Waals surface area contributed by atoms with Crippen molar-refractivity contribution >= 4 is 0 Å². The van der Waals surface area contributed by atoms with Gasteiger partial charge in [0, 0.05) is 19.5 Å². The van der Waals surface area contributed by atoms with Crippen molar-refractivity contribution in [2.24, 2.45) is 0 Å². The minimum absolute atomic E-state index is 0.394. The zero-order valence-electron chi connectivity index (χ0n) is 14.2.